The van der Waals surface area contributed by atoms with Gasteiger partial charge in [0, 0.05) is 17.1 Å². The average Bonchev–Trinajstić information content (AvgIpc) is 3.36. The summed E-state index contributed by atoms with van der Waals surface area (Å²) >= 11 is 1.31. The summed E-state index contributed by atoms with van der Waals surface area (Å²) in [6.07, 6.45) is 1.73. The standard InChI is InChI=1S/C23H16FN3OS/c24-16-10-11-20-21(12-16)29-23(26-20)27(14-15-6-2-1-3-7-15)22(28)18-13-25-19-9-5-4-8-17(18)19/h1-13,25H,14H2. The van der Waals surface area contributed by atoms with Crippen LogP contribution in [0.5, 0.6) is 0 Å². The topological polar surface area (TPSA) is 49.0 Å². The van der Waals surface area contributed by atoms with E-state index >= 15 is 0 Å². The van der Waals surface area contributed by atoms with E-state index in [1.807, 2.05) is 54.6 Å². The Labute approximate surface area is 170 Å². The van der Waals surface area contributed by atoms with Crippen LogP contribution in [0.25, 0.3) is 21.1 Å². The van der Waals surface area contributed by atoms with Gasteiger partial charge in [-0.3, -0.25) is 9.69 Å². The molecule has 5 rings (SSSR count). The third-order valence-corrected chi connectivity index (χ3v) is 5.86. The number of carbonyl (C=O) groups is 1. The highest BCUT2D eigenvalue weighted by Crippen LogP contribution is 2.32. The van der Waals surface area contributed by atoms with Gasteiger partial charge < -0.3 is 4.98 Å². The van der Waals surface area contributed by atoms with E-state index in [-0.39, 0.29) is 11.7 Å². The zero-order valence-corrected chi connectivity index (χ0v) is 16.1. The fourth-order valence-corrected chi connectivity index (χ4v) is 4.38. The quantitative estimate of drug-likeness (QED) is 0.416. The minimum atomic E-state index is -0.315. The van der Waals surface area contributed by atoms with Gasteiger partial charge in [-0.25, -0.2) is 9.37 Å². The largest absolute Gasteiger partial charge is 0.360 e. The van der Waals surface area contributed by atoms with Gasteiger partial charge >= 0.3 is 0 Å². The number of nitrogens with zero attached hydrogens (tertiary/aromatic N) is 2. The number of halogens is 1. The number of thiazole rings is 1. The maximum atomic E-state index is 13.6. The summed E-state index contributed by atoms with van der Waals surface area (Å²) in [5.41, 5.74) is 3.16. The molecular weight excluding hydrogens is 385 g/mol. The Balaban J connectivity index is 1.61. The maximum Gasteiger partial charge on any atom is 0.262 e. The highest BCUT2D eigenvalue weighted by Gasteiger charge is 2.24. The van der Waals surface area contributed by atoms with Gasteiger partial charge in [0.05, 0.1) is 22.3 Å². The van der Waals surface area contributed by atoms with E-state index in [0.29, 0.717) is 27.5 Å². The fraction of sp³-hybridized carbons (Fsp3) is 0.0435. The molecule has 1 amide bonds. The van der Waals surface area contributed by atoms with E-state index < -0.39 is 0 Å². The first kappa shape index (κ1) is 17.6. The number of carbonyl (C=O) groups excluding carboxylic acids is 1. The average molecular weight is 401 g/mol. The van der Waals surface area contributed by atoms with Crippen LogP contribution in [0, 0.1) is 5.82 Å². The van der Waals surface area contributed by atoms with Gasteiger partial charge in [-0.2, -0.15) is 0 Å². The van der Waals surface area contributed by atoms with E-state index in [2.05, 4.69) is 9.97 Å². The van der Waals surface area contributed by atoms with Crippen molar-refractivity contribution in [1.82, 2.24) is 9.97 Å². The van der Waals surface area contributed by atoms with Gasteiger partial charge in [-0.05, 0) is 29.8 Å². The lowest BCUT2D eigenvalue weighted by Gasteiger charge is -2.19. The lowest BCUT2D eigenvalue weighted by atomic mass is 10.1. The highest BCUT2D eigenvalue weighted by atomic mass is 32.1. The lowest BCUT2D eigenvalue weighted by molar-refractivity contribution is 0.0986. The smallest absolute Gasteiger partial charge is 0.262 e. The zero-order chi connectivity index (χ0) is 19.8. The van der Waals surface area contributed by atoms with Crippen molar-refractivity contribution in [1.29, 1.82) is 0 Å². The Kier molecular flexibility index (Phi) is 4.33. The molecule has 0 aliphatic heterocycles. The van der Waals surface area contributed by atoms with Crippen LogP contribution in [0.2, 0.25) is 0 Å². The molecule has 5 aromatic rings. The van der Waals surface area contributed by atoms with Crippen LogP contribution < -0.4 is 4.90 Å². The van der Waals surface area contributed by atoms with Crippen molar-refractivity contribution in [2.24, 2.45) is 0 Å². The van der Waals surface area contributed by atoms with Gasteiger partial charge in [-0.15, -0.1) is 0 Å². The van der Waals surface area contributed by atoms with Crippen molar-refractivity contribution >= 4 is 43.5 Å². The maximum absolute atomic E-state index is 13.6. The molecule has 29 heavy (non-hydrogen) atoms. The molecule has 0 aliphatic rings. The molecule has 0 fully saturated rings. The van der Waals surface area contributed by atoms with Crippen molar-refractivity contribution in [2.45, 2.75) is 6.54 Å². The Hall–Kier alpha value is -3.51. The van der Waals surface area contributed by atoms with Crippen molar-refractivity contribution in [2.75, 3.05) is 4.90 Å². The number of anilines is 1. The number of aromatic nitrogens is 2. The summed E-state index contributed by atoms with van der Waals surface area (Å²) < 4.78 is 14.4. The number of nitrogens with one attached hydrogen (secondary N) is 1. The number of hydrogen-bond acceptors (Lipinski definition) is 3. The van der Waals surface area contributed by atoms with Gasteiger partial charge in [0.25, 0.3) is 5.91 Å². The number of amides is 1. The van der Waals surface area contributed by atoms with Crippen LogP contribution in [0.3, 0.4) is 0 Å². The normalized spacial score (nSPS) is 11.2. The van der Waals surface area contributed by atoms with Crippen molar-refractivity contribution in [3.8, 4) is 0 Å². The first-order valence-corrected chi connectivity index (χ1v) is 9.99. The van der Waals surface area contributed by atoms with E-state index in [0.717, 1.165) is 16.5 Å². The number of rotatable bonds is 4. The van der Waals surface area contributed by atoms with Crippen LogP contribution in [0.4, 0.5) is 9.52 Å². The first-order valence-electron chi connectivity index (χ1n) is 9.17. The second-order valence-corrected chi connectivity index (χ2v) is 7.74. The minimum absolute atomic E-state index is 0.147. The molecule has 4 nitrogen and oxygen atoms in total. The zero-order valence-electron chi connectivity index (χ0n) is 15.3. The lowest BCUT2D eigenvalue weighted by Crippen LogP contribution is -2.30. The van der Waals surface area contributed by atoms with Gasteiger partial charge in [0.2, 0.25) is 0 Å². The molecule has 0 bridgehead atoms. The Bertz CT molecular complexity index is 1330. The Morgan fingerprint density at radius 3 is 2.69 bits per heavy atom. The van der Waals surface area contributed by atoms with E-state index in [1.165, 1.54) is 23.5 Å². The molecule has 6 heteroatoms. The third kappa shape index (κ3) is 3.28. The van der Waals surface area contributed by atoms with Crippen LogP contribution in [-0.4, -0.2) is 15.9 Å². The second-order valence-electron chi connectivity index (χ2n) is 6.73. The summed E-state index contributed by atoms with van der Waals surface area (Å²) in [7, 11) is 0. The van der Waals surface area contributed by atoms with Gasteiger partial charge in [0.1, 0.15) is 5.82 Å². The second kappa shape index (κ2) is 7.14. The highest BCUT2D eigenvalue weighted by molar-refractivity contribution is 7.22. The van der Waals surface area contributed by atoms with Gasteiger partial charge in [-0.1, -0.05) is 59.9 Å². The molecule has 0 saturated carbocycles. The molecule has 0 aliphatic carbocycles. The van der Waals surface area contributed by atoms with Crippen LogP contribution in [-0.2, 0) is 6.54 Å². The molecule has 1 N–H and O–H groups in total. The summed E-state index contributed by atoms with van der Waals surface area (Å²) in [6.45, 7) is 0.376. The fourth-order valence-electron chi connectivity index (χ4n) is 3.39. The number of hydrogen-bond donors (Lipinski definition) is 1. The molecule has 3 aromatic carbocycles. The number of para-hydroxylation sites is 1. The van der Waals surface area contributed by atoms with Crippen LogP contribution in [0.15, 0.2) is 79.0 Å². The molecule has 2 aromatic heterocycles. The number of fused-ring (bicyclic) bond motifs is 2. The number of H-pyrrole nitrogens is 1. The predicted octanol–water partition coefficient (Wildman–Crippen LogP) is 5.76. The summed E-state index contributed by atoms with van der Waals surface area (Å²) in [6, 6.07) is 22.0. The first-order chi connectivity index (χ1) is 14.2. The SMILES string of the molecule is O=C(c1c[nH]c2ccccc12)N(Cc1ccccc1)c1nc2ccc(F)cc2s1. The van der Waals surface area contributed by atoms with E-state index in [4.69, 9.17) is 0 Å². The van der Waals surface area contributed by atoms with Crippen molar-refractivity contribution in [3.63, 3.8) is 0 Å². The predicted molar refractivity (Wildman–Crippen MR) is 115 cm³/mol. The molecule has 0 unspecified atom stereocenters. The van der Waals surface area contributed by atoms with Crippen molar-refractivity contribution < 1.29 is 9.18 Å². The molecule has 0 saturated heterocycles. The molecule has 0 spiro atoms. The Morgan fingerprint density at radius 2 is 1.83 bits per heavy atom. The van der Waals surface area contributed by atoms with E-state index in [1.54, 1.807) is 17.2 Å². The minimum Gasteiger partial charge on any atom is -0.360 e. The van der Waals surface area contributed by atoms with E-state index in [9.17, 15) is 9.18 Å². The third-order valence-electron chi connectivity index (χ3n) is 4.82. The molecular formula is C23H16FN3OS. The Morgan fingerprint density at radius 1 is 1.03 bits per heavy atom. The van der Waals surface area contributed by atoms with Crippen LogP contribution >= 0.6 is 11.3 Å². The number of benzene rings is 3. The van der Waals surface area contributed by atoms with Crippen LogP contribution in [0.1, 0.15) is 15.9 Å². The number of aromatic amines is 1. The summed E-state index contributed by atoms with van der Waals surface area (Å²) in [5, 5.41) is 1.41. The summed E-state index contributed by atoms with van der Waals surface area (Å²) in [5.74, 6) is -0.462. The molecule has 2 heterocycles. The van der Waals surface area contributed by atoms with Crippen molar-refractivity contribution in [3.05, 3.63) is 95.9 Å². The molecule has 0 atom stereocenters. The van der Waals surface area contributed by atoms with Gasteiger partial charge in [0.15, 0.2) is 5.13 Å². The summed E-state index contributed by atoms with van der Waals surface area (Å²) in [4.78, 5) is 23.0. The molecule has 0 radical (unpaired) electrons. The monoisotopic (exact) mass is 401 g/mol. The molecule has 142 valence electrons.